The number of Topliss-reactive ketones (excluding diaryl/α,β-unsaturated/α-hetero) is 1. The Morgan fingerprint density at radius 2 is 1.76 bits per heavy atom. The monoisotopic (exact) mass is 234 g/mol. The molecule has 2 rings (SSSR count). The first kappa shape index (κ1) is 12.3. The molecule has 1 aromatic rings. The number of benzene rings is 1. The summed E-state index contributed by atoms with van der Waals surface area (Å²) in [6, 6.07) is 7.52. The van der Waals surface area contributed by atoms with Gasteiger partial charge in [-0.05, 0) is 27.7 Å². The predicted octanol–water partition coefficient (Wildman–Crippen LogP) is 2.72. The van der Waals surface area contributed by atoms with Gasteiger partial charge >= 0.3 is 0 Å². The number of rotatable bonds is 2. The molecule has 0 radical (unpaired) electrons. The van der Waals surface area contributed by atoms with Crippen LogP contribution < -0.4 is 0 Å². The predicted molar refractivity (Wildman–Crippen MR) is 65.0 cm³/mol. The van der Waals surface area contributed by atoms with Crippen LogP contribution in [0.15, 0.2) is 24.3 Å². The molecule has 1 saturated heterocycles. The van der Waals surface area contributed by atoms with Crippen molar-refractivity contribution in [3.05, 3.63) is 35.4 Å². The van der Waals surface area contributed by atoms with E-state index in [1.165, 1.54) is 0 Å². The molecule has 0 N–H and O–H groups in total. The highest BCUT2D eigenvalue weighted by Gasteiger charge is 2.47. The third-order valence-corrected chi connectivity index (χ3v) is 2.96. The number of hydrogen-bond acceptors (Lipinski definition) is 3. The Hall–Kier alpha value is -1.19. The second kappa shape index (κ2) is 3.93. The highest BCUT2D eigenvalue weighted by atomic mass is 16.8. The van der Waals surface area contributed by atoms with Gasteiger partial charge in [0.2, 0.25) is 0 Å². The Bertz CT molecular complexity index is 433. The van der Waals surface area contributed by atoms with Gasteiger partial charge in [0.1, 0.15) is 0 Å². The zero-order valence-electron chi connectivity index (χ0n) is 10.7. The number of aryl methyl sites for hydroxylation is 1. The molecule has 92 valence electrons. The van der Waals surface area contributed by atoms with E-state index >= 15 is 0 Å². The first-order valence-electron chi connectivity index (χ1n) is 5.78. The smallest absolute Gasteiger partial charge is 0.196 e. The van der Waals surface area contributed by atoms with E-state index in [0.717, 1.165) is 5.56 Å². The summed E-state index contributed by atoms with van der Waals surface area (Å²) in [5.41, 5.74) is 0.925. The van der Waals surface area contributed by atoms with Crippen molar-refractivity contribution in [2.75, 3.05) is 6.61 Å². The number of ketones is 1. The van der Waals surface area contributed by atoms with Gasteiger partial charge in [-0.1, -0.05) is 29.8 Å². The Labute approximate surface area is 102 Å². The van der Waals surface area contributed by atoms with Crippen LogP contribution in [0, 0.1) is 6.92 Å². The van der Waals surface area contributed by atoms with E-state index in [1.54, 1.807) is 6.92 Å². The maximum absolute atomic E-state index is 12.4. The van der Waals surface area contributed by atoms with Crippen LogP contribution in [-0.2, 0) is 9.47 Å². The number of ether oxygens (including phenoxy) is 2. The van der Waals surface area contributed by atoms with Crippen LogP contribution in [0.2, 0.25) is 0 Å². The van der Waals surface area contributed by atoms with Gasteiger partial charge in [0.15, 0.2) is 17.2 Å². The highest BCUT2D eigenvalue weighted by Crippen LogP contribution is 2.33. The van der Waals surface area contributed by atoms with E-state index in [4.69, 9.17) is 9.47 Å². The molecule has 0 spiro atoms. The molecule has 17 heavy (non-hydrogen) atoms. The highest BCUT2D eigenvalue weighted by molar-refractivity contribution is 6.02. The van der Waals surface area contributed by atoms with Crippen molar-refractivity contribution in [3.63, 3.8) is 0 Å². The maximum Gasteiger partial charge on any atom is 0.196 e. The lowest BCUT2D eigenvalue weighted by atomic mass is 9.95. The van der Waals surface area contributed by atoms with Crippen LogP contribution >= 0.6 is 0 Å². The molecule has 0 aromatic heterocycles. The molecule has 1 unspecified atom stereocenters. The lowest BCUT2D eigenvalue weighted by Gasteiger charge is -2.23. The molecule has 0 amide bonds. The second-order valence-corrected chi connectivity index (χ2v) is 5.22. The molecule has 3 heteroatoms. The molecule has 3 nitrogen and oxygen atoms in total. The van der Waals surface area contributed by atoms with Gasteiger partial charge in [-0.15, -0.1) is 0 Å². The molecular weight excluding hydrogens is 216 g/mol. The zero-order valence-corrected chi connectivity index (χ0v) is 10.7. The van der Waals surface area contributed by atoms with Crippen LogP contribution in [-0.4, -0.2) is 23.8 Å². The standard InChI is InChI=1S/C14H18O3/c1-10-5-7-11(8-6-10)12(15)14(4)9-16-13(2,3)17-14/h5-8H,9H2,1-4H3. The van der Waals surface area contributed by atoms with Crippen LogP contribution in [0.5, 0.6) is 0 Å². The quantitative estimate of drug-likeness (QED) is 0.738. The molecule has 1 aliphatic heterocycles. The lowest BCUT2D eigenvalue weighted by Crippen LogP contribution is -2.39. The first-order chi connectivity index (χ1) is 7.82. The van der Waals surface area contributed by atoms with Crippen LogP contribution in [0.1, 0.15) is 36.7 Å². The van der Waals surface area contributed by atoms with E-state index in [0.29, 0.717) is 12.2 Å². The van der Waals surface area contributed by atoms with Crippen LogP contribution in [0.25, 0.3) is 0 Å². The average Bonchev–Trinajstić information content (AvgIpc) is 2.54. The Morgan fingerprint density at radius 3 is 2.24 bits per heavy atom. The summed E-state index contributed by atoms with van der Waals surface area (Å²) in [7, 11) is 0. The van der Waals surface area contributed by atoms with Gasteiger partial charge in [0.05, 0.1) is 6.61 Å². The average molecular weight is 234 g/mol. The minimum atomic E-state index is -0.876. The summed E-state index contributed by atoms with van der Waals surface area (Å²) >= 11 is 0. The first-order valence-corrected chi connectivity index (χ1v) is 5.78. The van der Waals surface area contributed by atoms with Crippen molar-refractivity contribution in [2.45, 2.75) is 39.1 Å². The van der Waals surface area contributed by atoms with Gasteiger partial charge < -0.3 is 9.47 Å². The zero-order chi connectivity index (χ0) is 12.7. The molecule has 1 fully saturated rings. The Kier molecular flexibility index (Phi) is 2.84. The van der Waals surface area contributed by atoms with Gasteiger partial charge in [-0.25, -0.2) is 0 Å². The Morgan fingerprint density at radius 1 is 1.18 bits per heavy atom. The molecule has 1 aliphatic rings. The largest absolute Gasteiger partial charge is 0.347 e. The SMILES string of the molecule is Cc1ccc(C(=O)C2(C)COC(C)(C)O2)cc1. The fourth-order valence-corrected chi connectivity index (χ4v) is 2.04. The molecule has 1 heterocycles. The van der Waals surface area contributed by atoms with Crippen molar-refractivity contribution in [1.29, 1.82) is 0 Å². The topological polar surface area (TPSA) is 35.5 Å². The van der Waals surface area contributed by atoms with E-state index < -0.39 is 11.4 Å². The molecular formula is C14H18O3. The van der Waals surface area contributed by atoms with E-state index in [9.17, 15) is 4.79 Å². The lowest BCUT2D eigenvalue weighted by molar-refractivity contribution is -0.148. The van der Waals surface area contributed by atoms with Crippen molar-refractivity contribution >= 4 is 5.78 Å². The van der Waals surface area contributed by atoms with E-state index in [1.807, 2.05) is 45.0 Å². The van der Waals surface area contributed by atoms with Gasteiger partial charge in [-0.3, -0.25) is 4.79 Å². The van der Waals surface area contributed by atoms with Crippen LogP contribution in [0.3, 0.4) is 0 Å². The van der Waals surface area contributed by atoms with Crippen molar-refractivity contribution in [2.24, 2.45) is 0 Å². The molecule has 0 aliphatic carbocycles. The molecule has 1 aromatic carbocycles. The Balaban J connectivity index is 2.24. The summed E-state index contributed by atoms with van der Waals surface area (Å²) in [6.07, 6.45) is 0. The van der Waals surface area contributed by atoms with Gasteiger partial charge in [0, 0.05) is 5.56 Å². The number of carbonyl (C=O) groups excluding carboxylic acids is 1. The summed E-state index contributed by atoms with van der Waals surface area (Å²) < 4.78 is 11.2. The second-order valence-electron chi connectivity index (χ2n) is 5.22. The van der Waals surface area contributed by atoms with E-state index in [-0.39, 0.29) is 5.78 Å². The normalized spacial score (nSPS) is 27.1. The number of carbonyl (C=O) groups is 1. The van der Waals surface area contributed by atoms with Crippen molar-refractivity contribution in [3.8, 4) is 0 Å². The molecule has 0 bridgehead atoms. The summed E-state index contributed by atoms with van der Waals surface area (Å²) in [5.74, 6) is -0.710. The molecule has 0 saturated carbocycles. The summed E-state index contributed by atoms with van der Waals surface area (Å²) in [5, 5.41) is 0. The summed E-state index contributed by atoms with van der Waals surface area (Å²) in [4.78, 5) is 12.4. The minimum absolute atomic E-state index is 0.0249. The molecule has 1 atom stereocenters. The fraction of sp³-hybridized carbons (Fsp3) is 0.500. The van der Waals surface area contributed by atoms with E-state index in [2.05, 4.69) is 0 Å². The van der Waals surface area contributed by atoms with Gasteiger partial charge in [-0.2, -0.15) is 0 Å². The number of hydrogen-bond donors (Lipinski definition) is 0. The third kappa shape index (κ3) is 2.40. The fourth-order valence-electron chi connectivity index (χ4n) is 2.04. The van der Waals surface area contributed by atoms with Gasteiger partial charge in [0.25, 0.3) is 0 Å². The van der Waals surface area contributed by atoms with Crippen LogP contribution in [0.4, 0.5) is 0 Å². The maximum atomic E-state index is 12.4. The van der Waals surface area contributed by atoms with Crippen molar-refractivity contribution in [1.82, 2.24) is 0 Å². The third-order valence-electron chi connectivity index (χ3n) is 2.96. The minimum Gasteiger partial charge on any atom is -0.347 e. The summed E-state index contributed by atoms with van der Waals surface area (Å²) in [6.45, 7) is 7.71. The van der Waals surface area contributed by atoms with Crippen molar-refractivity contribution < 1.29 is 14.3 Å².